The Bertz CT molecular complexity index is 969. The summed E-state index contributed by atoms with van der Waals surface area (Å²) >= 11 is 1.59. The molecule has 1 N–H and O–H groups in total. The molecule has 3 heterocycles. The lowest BCUT2D eigenvalue weighted by atomic mass is 10.2. The van der Waals surface area contributed by atoms with Crippen LogP contribution in [0.5, 0.6) is 0 Å². The van der Waals surface area contributed by atoms with Crippen molar-refractivity contribution in [3.63, 3.8) is 0 Å². The highest BCUT2D eigenvalue weighted by Crippen LogP contribution is 2.31. The van der Waals surface area contributed by atoms with Crippen molar-refractivity contribution in [1.82, 2.24) is 15.3 Å². The molecule has 1 atom stereocenters. The van der Waals surface area contributed by atoms with Crippen LogP contribution in [0.1, 0.15) is 12.1 Å². The molecule has 2 aromatic heterocycles. The first-order valence-corrected chi connectivity index (χ1v) is 9.07. The van der Waals surface area contributed by atoms with E-state index in [9.17, 15) is 5.26 Å². The Morgan fingerprint density at radius 1 is 1.19 bits per heavy atom. The van der Waals surface area contributed by atoms with Crippen molar-refractivity contribution in [2.24, 2.45) is 4.99 Å². The molecule has 26 heavy (non-hydrogen) atoms. The van der Waals surface area contributed by atoms with E-state index in [0.29, 0.717) is 18.9 Å². The van der Waals surface area contributed by atoms with Crippen molar-refractivity contribution in [1.29, 1.82) is 5.26 Å². The van der Waals surface area contributed by atoms with Gasteiger partial charge in [-0.1, -0.05) is 29.5 Å². The molecule has 6 nitrogen and oxygen atoms in total. The van der Waals surface area contributed by atoms with Crippen LogP contribution in [0.15, 0.2) is 65.9 Å². The Labute approximate surface area is 155 Å². The van der Waals surface area contributed by atoms with E-state index in [2.05, 4.69) is 21.4 Å². The van der Waals surface area contributed by atoms with Gasteiger partial charge in [0.25, 0.3) is 0 Å². The molecular formula is C19H16N6S. The summed E-state index contributed by atoms with van der Waals surface area (Å²) in [4.78, 5) is 15.6. The highest BCUT2D eigenvalue weighted by Gasteiger charge is 2.27. The lowest BCUT2D eigenvalue weighted by Crippen LogP contribution is -2.48. The van der Waals surface area contributed by atoms with Gasteiger partial charge in [0, 0.05) is 12.4 Å². The number of anilines is 1. The number of guanidine groups is 1. The van der Waals surface area contributed by atoms with Crippen LogP contribution in [0, 0.1) is 11.3 Å². The van der Waals surface area contributed by atoms with Crippen LogP contribution in [0.2, 0.25) is 0 Å². The van der Waals surface area contributed by atoms with Gasteiger partial charge in [-0.05, 0) is 30.3 Å². The van der Waals surface area contributed by atoms with Crippen LogP contribution < -0.4 is 10.2 Å². The molecule has 0 bridgehead atoms. The second kappa shape index (κ2) is 7.33. The van der Waals surface area contributed by atoms with Crippen LogP contribution >= 0.6 is 11.3 Å². The Kier molecular flexibility index (Phi) is 4.58. The minimum atomic E-state index is -0.107. The Morgan fingerprint density at radius 3 is 2.88 bits per heavy atom. The number of aromatic nitrogens is 2. The number of nitrogens with zero attached hydrogens (tertiary/aromatic N) is 5. The Hall–Kier alpha value is -3.24. The average Bonchev–Trinajstić information content (AvgIpc) is 3.11. The third kappa shape index (κ3) is 3.27. The van der Waals surface area contributed by atoms with Crippen molar-refractivity contribution >= 4 is 32.6 Å². The van der Waals surface area contributed by atoms with Crippen molar-refractivity contribution in [3.05, 3.63) is 66.6 Å². The summed E-state index contributed by atoms with van der Waals surface area (Å²) in [7, 11) is 0. The number of para-hydroxylation sites is 1. The molecule has 1 aromatic carbocycles. The van der Waals surface area contributed by atoms with E-state index in [-0.39, 0.29) is 6.04 Å². The second-order valence-corrected chi connectivity index (χ2v) is 6.74. The van der Waals surface area contributed by atoms with Gasteiger partial charge in [0.05, 0.1) is 41.0 Å². The molecule has 1 aliphatic heterocycles. The first-order valence-electron chi connectivity index (χ1n) is 8.25. The number of rotatable bonds is 4. The maximum atomic E-state index is 9.22. The van der Waals surface area contributed by atoms with E-state index in [0.717, 1.165) is 21.0 Å². The molecule has 1 aliphatic rings. The first kappa shape index (κ1) is 16.2. The lowest BCUT2D eigenvalue weighted by Gasteiger charge is -2.31. The van der Waals surface area contributed by atoms with Gasteiger partial charge >= 0.3 is 0 Å². The molecule has 1 unspecified atom stereocenters. The maximum absolute atomic E-state index is 9.22. The summed E-state index contributed by atoms with van der Waals surface area (Å²) in [6.07, 6.45) is 5.80. The number of benzene rings is 1. The molecule has 0 aliphatic carbocycles. The number of hydrogen-bond donors (Lipinski definition) is 1. The zero-order chi connectivity index (χ0) is 17.8. The van der Waals surface area contributed by atoms with Crippen molar-refractivity contribution in [3.8, 4) is 6.07 Å². The van der Waals surface area contributed by atoms with Gasteiger partial charge in [0.15, 0.2) is 5.13 Å². The zero-order valence-electron chi connectivity index (χ0n) is 13.9. The van der Waals surface area contributed by atoms with Crippen molar-refractivity contribution in [2.75, 3.05) is 4.90 Å². The van der Waals surface area contributed by atoms with Crippen molar-refractivity contribution in [2.45, 2.75) is 19.0 Å². The highest BCUT2D eigenvalue weighted by molar-refractivity contribution is 7.22. The molecule has 0 fully saturated rings. The van der Waals surface area contributed by atoms with Gasteiger partial charge in [-0.3, -0.25) is 9.88 Å². The van der Waals surface area contributed by atoms with Gasteiger partial charge in [-0.15, -0.1) is 0 Å². The van der Waals surface area contributed by atoms with E-state index < -0.39 is 0 Å². The van der Waals surface area contributed by atoms with E-state index >= 15 is 0 Å². The van der Waals surface area contributed by atoms with Gasteiger partial charge in [0.2, 0.25) is 5.96 Å². The summed E-state index contributed by atoms with van der Waals surface area (Å²) in [6.45, 7) is 0.550. The summed E-state index contributed by atoms with van der Waals surface area (Å²) < 4.78 is 1.11. The fraction of sp³-hybridized carbons (Fsp3) is 0.158. The predicted molar refractivity (Wildman–Crippen MR) is 104 cm³/mol. The predicted octanol–water partition coefficient (Wildman–Crippen LogP) is 3.45. The SMILES string of the molecule is N#CCC1C=CN=C(NCc2ccccn2)N1c1nc2ccccc2s1. The standard InChI is InChI=1S/C19H16N6S/c20-10-8-15-9-12-22-18(23-13-14-5-3-4-11-21-14)25(15)19-24-16-6-1-2-7-17(16)26-19/h1-7,9,11-12,15H,8,13H2,(H,22,23). The largest absolute Gasteiger partial charge is 0.350 e. The third-order valence-electron chi connectivity index (χ3n) is 4.01. The fourth-order valence-electron chi connectivity index (χ4n) is 2.77. The van der Waals surface area contributed by atoms with Gasteiger partial charge in [-0.2, -0.15) is 5.26 Å². The Balaban J connectivity index is 1.65. The number of nitriles is 1. The van der Waals surface area contributed by atoms with E-state index in [1.807, 2.05) is 53.4 Å². The lowest BCUT2D eigenvalue weighted by molar-refractivity contribution is 0.756. The smallest absolute Gasteiger partial charge is 0.205 e. The van der Waals surface area contributed by atoms with Gasteiger partial charge in [0.1, 0.15) is 0 Å². The van der Waals surface area contributed by atoms with Crippen LogP contribution in [-0.4, -0.2) is 22.0 Å². The van der Waals surface area contributed by atoms with Crippen LogP contribution in [0.25, 0.3) is 10.2 Å². The minimum absolute atomic E-state index is 0.107. The minimum Gasteiger partial charge on any atom is -0.350 e. The first-order chi connectivity index (χ1) is 12.8. The molecular weight excluding hydrogens is 344 g/mol. The third-order valence-corrected chi connectivity index (χ3v) is 5.04. The number of aliphatic imine (C=N–C) groups is 1. The average molecular weight is 360 g/mol. The number of pyridine rings is 1. The molecule has 0 radical (unpaired) electrons. The van der Waals surface area contributed by atoms with Gasteiger partial charge in [-0.25, -0.2) is 9.98 Å². The summed E-state index contributed by atoms with van der Waals surface area (Å²) in [6, 6.07) is 16.0. The van der Waals surface area contributed by atoms with Crippen LogP contribution in [0.3, 0.4) is 0 Å². The molecule has 0 saturated carbocycles. The quantitative estimate of drug-likeness (QED) is 0.771. The molecule has 128 valence electrons. The van der Waals surface area contributed by atoms with E-state index in [4.69, 9.17) is 4.98 Å². The summed E-state index contributed by atoms with van der Waals surface area (Å²) in [5.74, 6) is 0.678. The second-order valence-electron chi connectivity index (χ2n) is 5.73. The zero-order valence-corrected chi connectivity index (χ0v) is 14.7. The molecule has 0 amide bonds. The Morgan fingerprint density at radius 2 is 2.08 bits per heavy atom. The monoisotopic (exact) mass is 360 g/mol. The normalized spacial score (nSPS) is 16.3. The summed E-state index contributed by atoms with van der Waals surface area (Å²) in [5, 5.41) is 13.4. The van der Waals surface area contributed by atoms with E-state index in [1.54, 1.807) is 23.7 Å². The highest BCUT2D eigenvalue weighted by atomic mass is 32.1. The number of nitrogens with one attached hydrogen (secondary N) is 1. The van der Waals surface area contributed by atoms with Crippen molar-refractivity contribution < 1.29 is 0 Å². The molecule has 0 spiro atoms. The molecule has 7 heteroatoms. The molecule has 4 rings (SSSR count). The van der Waals surface area contributed by atoms with Gasteiger partial charge < -0.3 is 5.32 Å². The fourth-order valence-corrected chi connectivity index (χ4v) is 3.80. The maximum Gasteiger partial charge on any atom is 0.205 e. The topological polar surface area (TPSA) is 77.2 Å². The molecule has 3 aromatic rings. The van der Waals surface area contributed by atoms with E-state index in [1.165, 1.54) is 0 Å². The number of hydrogen-bond acceptors (Lipinski definition) is 7. The summed E-state index contributed by atoms with van der Waals surface area (Å²) in [5.41, 5.74) is 1.87. The molecule has 0 saturated heterocycles. The number of fused-ring (bicyclic) bond motifs is 1. The van der Waals surface area contributed by atoms with Crippen LogP contribution in [0.4, 0.5) is 5.13 Å². The van der Waals surface area contributed by atoms with Crippen LogP contribution in [-0.2, 0) is 6.54 Å². The number of thiazole rings is 1.